The van der Waals surface area contributed by atoms with Crippen molar-refractivity contribution >= 4 is 147 Å². The zero-order chi connectivity index (χ0) is 102. The van der Waals surface area contributed by atoms with Gasteiger partial charge in [0.25, 0.3) is 0 Å². The molecule has 0 saturated heterocycles. The van der Waals surface area contributed by atoms with Crippen molar-refractivity contribution in [3.8, 4) is 54.6 Å². The van der Waals surface area contributed by atoms with E-state index >= 15 is 0 Å². The summed E-state index contributed by atoms with van der Waals surface area (Å²) in [7, 11) is -13.3. The Balaban J connectivity index is 0.000000151. The van der Waals surface area contributed by atoms with Crippen molar-refractivity contribution < 1.29 is 106 Å². The van der Waals surface area contributed by atoms with Crippen LogP contribution in [0.3, 0.4) is 0 Å². The van der Waals surface area contributed by atoms with Crippen molar-refractivity contribution in [3.63, 3.8) is 0 Å². The molecule has 8 N–H and O–H groups in total. The monoisotopic (exact) mass is 2100 g/mol. The lowest BCUT2D eigenvalue weighted by Gasteiger charge is -2.20. The molecule has 4 atom stereocenters. The number of H-pyrrole nitrogens is 1. The van der Waals surface area contributed by atoms with Crippen LogP contribution in [0.5, 0.6) is 43.3 Å². The fourth-order valence-electron chi connectivity index (χ4n) is 17.4. The van der Waals surface area contributed by atoms with Crippen LogP contribution in [0, 0.1) is 29.6 Å². The molecular weight excluding hydrogens is 2000 g/mol. The Kier molecular flexibility index (Phi) is 35.4. The second-order valence-electron chi connectivity index (χ2n) is 35.2. The predicted molar refractivity (Wildman–Crippen MR) is 536 cm³/mol. The first-order valence-electron chi connectivity index (χ1n) is 45.7. The van der Waals surface area contributed by atoms with Gasteiger partial charge < -0.3 is 55.5 Å². The van der Waals surface area contributed by atoms with E-state index in [1.165, 1.54) is 115 Å². The third-order valence-corrected chi connectivity index (χ3v) is 32.3. The molecule has 17 rings (SSSR count). The number of tetrazole rings is 1. The molecule has 750 valence electrons. The summed E-state index contributed by atoms with van der Waals surface area (Å²) in [4.78, 5) is 108. The highest BCUT2D eigenvalue weighted by molar-refractivity contribution is 7.91. The van der Waals surface area contributed by atoms with Gasteiger partial charge in [-0.3, -0.25) is 19.2 Å². The molecule has 35 nitrogen and oxygen atoms in total. The number of thiazole rings is 4. The molecule has 143 heavy (non-hydrogen) atoms. The van der Waals surface area contributed by atoms with Crippen LogP contribution in [-0.4, -0.2) is 161 Å². The zero-order valence-electron chi connectivity index (χ0n) is 77.7. The number of carbonyl (C=O) groups excluding carboxylic acids is 4. The van der Waals surface area contributed by atoms with Crippen LogP contribution in [0.1, 0.15) is 205 Å². The normalized spacial score (nSPS) is 15.0. The maximum absolute atomic E-state index is 13.4. The number of nitrogens with one attached hydrogen (secondary N) is 5. The lowest BCUT2D eigenvalue weighted by molar-refractivity contribution is -0.118. The lowest BCUT2D eigenvalue weighted by atomic mass is 9.87. The number of carbonyl (C=O) groups is 7. The van der Waals surface area contributed by atoms with Gasteiger partial charge in [0, 0.05) is 30.6 Å². The Bertz CT molecular complexity index is 7090. The van der Waals surface area contributed by atoms with E-state index in [1.807, 2.05) is 12.1 Å². The Morgan fingerprint density at radius 1 is 0.357 bits per heavy atom. The molecule has 7 aromatic carbocycles. The van der Waals surface area contributed by atoms with Gasteiger partial charge in [-0.05, 0) is 192 Å². The van der Waals surface area contributed by atoms with Gasteiger partial charge in [0.1, 0.15) is 23.0 Å². The quantitative estimate of drug-likeness (QED) is 0.0169. The second-order valence-corrected chi connectivity index (χ2v) is 47.2. The van der Waals surface area contributed by atoms with E-state index in [4.69, 9.17) is 24.1 Å². The Hall–Kier alpha value is -13.5. The number of aromatic amines is 1. The molecule has 0 radical (unpaired) electrons. The number of rotatable bonds is 36. The number of sulfone groups is 4. The standard InChI is InChI=1S/C26H26N2O8S2.C25H26N6O4S2.C25H26N2O6S2.C23H24FN3O4S2/c1-38(34,35)20-8-6-16(7-9-20)21(10-15-4-2-3-5-15)23(29)28-26-27-14-22(37-26)36-19-12-17(24(30)31)11-18(13-19)25(32)33;1-37(33,34)20-11-9-17(10-12-20)21(13-16-5-2-3-6-16)24(32)27-25-26-15-22(36-25)35-19-8-4-7-18(14-19)23-28-30-31-29-23;1-35(31,32)20-12-8-17(9-13-20)21(14-16-4-2-3-5-16)23(28)27-25-26-15-22(34-25)33-19-10-6-18(7-11-19)24(29)30;1-33(29,30)18-9-6-16(7-10-18)19(12-15-4-2-3-5-15)22(28)27-23-26-14-21(32-23)31-17-8-11-20(24)25-13-17/h6-9,11-15,21H,2-5,10H2,1H3,(H,30,31)(H,32,33)(H,27,28,29);4,7-12,14-16,21H,2-3,5-6,13H2,1H3,(H,26,27,32)(H,28,29,30,31);6-13,15-16,21H,2-5,14H2,1H3,(H,29,30)(H,26,27,28);6-11,13-15,19H,2-5,12H2,1H3,(H,26,27,28)/t3*21-;19-/m1111/s1. The number of benzene rings is 7. The van der Waals surface area contributed by atoms with Crippen LogP contribution in [0.4, 0.5) is 24.9 Å². The Morgan fingerprint density at radius 2 is 0.657 bits per heavy atom. The number of aromatic nitrogens is 9. The van der Waals surface area contributed by atoms with Gasteiger partial charge in [-0.15, -0.1) is 10.2 Å². The number of halogens is 1. The summed E-state index contributed by atoms with van der Waals surface area (Å²) < 4.78 is 131. The van der Waals surface area contributed by atoms with Crippen LogP contribution in [-0.2, 0) is 58.5 Å². The van der Waals surface area contributed by atoms with Crippen molar-refractivity contribution in [3.05, 3.63) is 252 Å². The first-order valence-corrected chi connectivity index (χ1v) is 56.5. The Morgan fingerprint density at radius 3 is 0.944 bits per heavy atom. The number of hydrogen-bond acceptors (Lipinski definition) is 31. The molecule has 4 aliphatic rings. The summed E-state index contributed by atoms with van der Waals surface area (Å²) in [5, 5.41) is 56.0. The molecule has 0 unspecified atom stereocenters. The number of pyridine rings is 1. The Labute approximate surface area is 840 Å². The van der Waals surface area contributed by atoms with E-state index < -0.39 is 86.9 Å². The summed E-state index contributed by atoms with van der Waals surface area (Å²) in [6.45, 7) is 0. The lowest BCUT2D eigenvalue weighted by Crippen LogP contribution is -2.23. The van der Waals surface area contributed by atoms with Gasteiger partial charge in [0.15, 0.2) is 59.9 Å². The number of amides is 4. The van der Waals surface area contributed by atoms with E-state index in [1.54, 1.807) is 115 Å². The van der Waals surface area contributed by atoms with Gasteiger partial charge in [-0.2, -0.15) is 9.60 Å². The predicted octanol–water partition coefficient (Wildman–Crippen LogP) is 20.4. The zero-order valence-corrected chi connectivity index (χ0v) is 84.2. The number of carboxylic acid groups (broad SMARTS) is 3. The molecule has 6 aromatic heterocycles. The fraction of sp³-hybridized carbons (Fsp3) is 0.323. The topological polar surface area (TPSA) is 521 Å². The molecule has 44 heteroatoms. The van der Waals surface area contributed by atoms with Gasteiger partial charge in [0.05, 0.1) is 90.9 Å². The van der Waals surface area contributed by atoms with E-state index in [0.29, 0.717) is 109 Å². The maximum atomic E-state index is 13.4. The minimum Gasteiger partial charge on any atom is -0.478 e. The summed E-state index contributed by atoms with van der Waals surface area (Å²) in [6, 6.07) is 45.4. The van der Waals surface area contributed by atoms with Crippen LogP contribution < -0.4 is 40.2 Å². The molecule has 0 aliphatic heterocycles. The second kappa shape index (κ2) is 48.1. The van der Waals surface area contributed by atoms with Crippen molar-refractivity contribution in [2.45, 2.75) is 172 Å². The smallest absolute Gasteiger partial charge is 0.335 e. The molecule has 0 spiro atoms. The fourth-order valence-corrected chi connectivity index (χ4v) is 22.6. The number of ether oxygens (including phenoxy) is 4. The number of nitrogens with zero attached hydrogens (tertiary/aromatic N) is 8. The number of hydrogen-bond donors (Lipinski definition) is 8. The molecule has 4 amide bonds. The maximum Gasteiger partial charge on any atom is 0.335 e. The molecular formula is C99H102FN13O22S8. The van der Waals surface area contributed by atoms with E-state index in [2.05, 4.69) is 66.8 Å². The highest BCUT2D eigenvalue weighted by Crippen LogP contribution is 2.44. The van der Waals surface area contributed by atoms with Crippen LogP contribution >= 0.6 is 45.3 Å². The van der Waals surface area contributed by atoms with Gasteiger partial charge >= 0.3 is 17.9 Å². The molecule has 0 bridgehead atoms. The third kappa shape index (κ3) is 30.5. The first-order chi connectivity index (χ1) is 68.3. The molecule has 13 aromatic rings. The van der Waals surface area contributed by atoms with E-state index in [9.17, 15) is 81.8 Å². The van der Waals surface area contributed by atoms with Crippen molar-refractivity contribution in [1.29, 1.82) is 0 Å². The van der Waals surface area contributed by atoms with Crippen molar-refractivity contribution in [2.24, 2.45) is 23.7 Å². The van der Waals surface area contributed by atoms with Crippen LogP contribution in [0.2, 0.25) is 0 Å². The number of anilines is 4. The SMILES string of the molecule is CS(=O)(=O)c1ccc([C@@H](CC2CCCC2)C(=O)Nc2ncc(Oc3cc(C(=O)O)cc(C(=O)O)c3)s2)cc1.CS(=O)(=O)c1ccc([C@@H](CC2CCCC2)C(=O)Nc2ncc(Oc3ccc(C(=O)O)cc3)s2)cc1.CS(=O)(=O)c1ccc([C@@H](CC2CCCC2)C(=O)Nc2ncc(Oc3ccc(F)nc3)s2)cc1.CS(=O)(=O)c1ccc([C@@H](CC2CCCC2)C(=O)Nc2ncc(Oc3cccc(-c4nn[nH]n4)c3)s2)cc1. The van der Waals surface area contributed by atoms with Crippen LogP contribution in [0.15, 0.2) is 226 Å². The van der Waals surface area contributed by atoms with Gasteiger partial charge in [-0.1, -0.05) is 209 Å². The molecule has 4 aliphatic carbocycles. The molecule has 4 fully saturated rings. The molecule has 4 saturated carbocycles. The highest BCUT2D eigenvalue weighted by atomic mass is 32.2. The summed E-state index contributed by atoms with van der Waals surface area (Å²) in [5.74, 6) is -3.20. The minimum absolute atomic E-state index is 0.00824. The highest BCUT2D eigenvalue weighted by Gasteiger charge is 2.34. The molecule has 6 heterocycles. The minimum atomic E-state index is -3.36. The summed E-state index contributed by atoms with van der Waals surface area (Å²) in [5.41, 5.74) is 3.48. The summed E-state index contributed by atoms with van der Waals surface area (Å²) in [6.07, 6.45) is 32.4. The van der Waals surface area contributed by atoms with E-state index in [-0.39, 0.29) is 75.8 Å². The summed E-state index contributed by atoms with van der Waals surface area (Å²) >= 11 is 4.55. The van der Waals surface area contributed by atoms with Gasteiger partial charge in [0.2, 0.25) is 55.7 Å². The number of aromatic carboxylic acids is 3. The van der Waals surface area contributed by atoms with Crippen molar-refractivity contribution in [2.75, 3.05) is 46.3 Å². The third-order valence-electron chi connectivity index (χ3n) is 24.7. The van der Waals surface area contributed by atoms with Crippen LogP contribution in [0.25, 0.3) is 11.4 Å². The largest absolute Gasteiger partial charge is 0.478 e. The van der Waals surface area contributed by atoms with Gasteiger partial charge in [-0.25, -0.2) is 73.0 Å². The first kappa shape index (κ1) is 105. The number of carboxylic acids is 3. The average molecular weight is 2100 g/mol. The van der Waals surface area contributed by atoms with Crippen molar-refractivity contribution in [1.82, 2.24) is 45.5 Å². The van der Waals surface area contributed by atoms with E-state index in [0.717, 1.165) is 160 Å². The average Bonchev–Trinajstić information content (AvgIpc) is 1.70.